The Kier molecular flexibility index (Phi) is 3.94. The van der Waals surface area contributed by atoms with Crippen molar-refractivity contribution in [3.05, 3.63) is 41.5 Å². The third-order valence-corrected chi connectivity index (χ3v) is 3.26. The van der Waals surface area contributed by atoms with E-state index in [4.69, 9.17) is 0 Å². The van der Waals surface area contributed by atoms with Crippen LogP contribution in [0, 0.1) is 6.92 Å². The minimum Gasteiger partial charge on any atom is -0.368 e. The van der Waals surface area contributed by atoms with E-state index in [1.165, 1.54) is 36.2 Å². The molecule has 0 aliphatic carbocycles. The second kappa shape index (κ2) is 5.44. The lowest BCUT2D eigenvalue weighted by Crippen LogP contribution is -2.29. The molecule has 1 aromatic carbocycles. The number of thiol groups is 1. The molecule has 0 bridgehead atoms. The molecule has 2 heteroatoms. The summed E-state index contributed by atoms with van der Waals surface area (Å²) in [7, 11) is 0. The van der Waals surface area contributed by atoms with Crippen LogP contribution in [0.15, 0.2) is 30.4 Å². The molecule has 0 fully saturated rings. The molecule has 0 aromatic heterocycles. The molecular weight excluding hydrogens is 214 g/mol. The average molecular weight is 233 g/mol. The quantitative estimate of drug-likeness (QED) is 0.619. The van der Waals surface area contributed by atoms with Gasteiger partial charge in [-0.1, -0.05) is 29.8 Å². The molecule has 0 saturated carbocycles. The lowest BCUT2D eigenvalue weighted by molar-refractivity contribution is 0.721. The van der Waals surface area contributed by atoms with E-state index in [9.17, 15) is 0 Å². The van der Waals surface area contributed by atoms with Crippen molar-refractivity contribution in [1.82, 2.24) is 0 Å². The number of anilines is 1. The number of aryl methyl sites for hydroxylation is 2. The third-order valence-electron chi connectivity index (χ3n) is 3.05. The standard InChI is InChI=1S/C14H19NS/c1-12-6-7-14-13(11-12)5-4-9-15(14)8-2-3-10-16/h2-3,6-7,11,16H,4-5,8-10H2,1H3. The molecule has 0 spiro atoms. The number of fused-ring (bicyclic) bond motifs is 1. The summed E-state index contributed by atoms with van der Waals surface area (Å²) in [5, 5.41) is 0. The smallest absolute Gasteiger partial charge is 0.0401 e. The van der Waals surface area contributed by atoms with Gasteiger partial charge in [-0.15, -0.1) is 0 Å². The Labute approximate surface area is 104 Å². The average Bonchev–Trinajstić information content (AvgIpc) is 2.29. The fraction of sp³-hybridized carbons (Fsp3) is 0.429. The molecule has 0 N–H and O–H groups in total. The minimum absolute atomic E-state index is 0.828. The lowest BCUT2D eigenvalue weighted by atomic mass is 9.99. The highest BCUT2D eigenvalue weighted by Crippen LogP contribution is 2.27. The second-order valence-corrected chi connectivity index (χ2v) is 4.70. The van der Waals surface area contributed by atoms with E-state index in [1.54, 1.807) is 0 Å². The Morgan fingerprint density at radius 3 is 3.06 bits per heavy atom. The zero-order valence-corrected chi connectivity index (χ0v) is 10.7. The highest BCUT2D eigenvalue weighted by Gasteiger charge is 2.15. The Bertz CT molecular complexity index is 384. The van der Waals surface area contributed by atoms with Gasteiger partial charge in [0.25, 0.3) is 0 Å². The van der Waals surface area contributed by atoms with Gasteiger partial charge in [0.2, 0.25) is 0 Å². The van der Waals surface area contributed by atoms with Gasteiger partial charge in [0.15, 0.2) is 0 Å². The zero-order chi connectivity index (χ0) is 11.4. The van der Waals surface area contributed by atoms with E-state index < -0.39 is 0 Å². The molecule has 1 aliphatic rings. The first-order chi connectivity index (χ1) is 7.81. The van der Waals surface area contributed by atoms with Crippen molar-refractivity contribution in [3.63, 3.8) is 0 Å². The summed E-state index contributed by atoms with van der Waals surface area (Å²) in [6.07, 6.45) is 6.82. The molecule has 2 rings (SSSR count). The molecule has 0 unspecified atom stereocenters. The van der Waals surface area contributed by atoms with Gasteiger partial charge in [-0.2, -0.15) is 12.6 Å². The van der Waals surface area contributed by atoms with Gasteiger partial charge in [0.1, 0.15) is 0 Å². The van der Waals surface area contributed by atoms with E-state index in [1.807, 2.05) is 0 Å². The van der Waals surface area contributed by atoms with Crippen LogP contribution in [0.3, 0.4) is 0 Å². The summed E-state index contributed by atoms with van der Waals surface area (Å²) in [4.78, 5) is 2.46. The predicted octanol–water partition coefficient (Wildman–Crippen LogP) is 3.23. The molecule has 86 valence electrons. The maximum absolute atomic E-state index is 4.18. The maximum atomic E-state index is 4.18. The van der Waals surface area contributed by atoms with E-state index in [-0.39, 0.29) is 0 Å². The summed E-state index contributed by atoms with van der Waals surface area (Å²) < 4.78 is 0. The fourth-order valence-corrected chi connectivity index (χ4v) is 2.42. The van der Waals surface area contributed by atoms with Crippen LogP contribution >= 0.6 is 12.6 Å². The van der Waals surface area contributed by atoms with Gasteiger partial charge in [-0.05, 0) is 31.4 Å². The van der Waals surface area contributed by atoms with Gasteiger partial charge >= 0.3 is 0 Å². The Balaban J connectivity index is 2.16. The predicted molar refractivity (Wildman–Crippen MR) is 74.7 cm³/mol. The van der Waals surface area contributed by atoms with Crippen molar-refractivity contribution < 1.29 is 0 Å². The fourth-order valence-electron chi connectivity index (χ4n) is 2.27. The largest absolute Gasteiger partial charge is 0.368 e. The Hall–Kier alpha value is -0.890. The van der Waals surface area contributed by atoms with E-state index in [2.05, 4.69) is 54.8 Å². The van der Waals surface area contributed by atoms with Crippen LogP contribution < -0.4 is 4.90 Å². The summed E-state index contributed by atoms with van der Waals surface area (Å²) in [5.41, 5.74) is 4.29. The van der Waals surface area contributed by atoms with Crippen molar-refractivity contribution >= 4 is 18.3 Å². The van der Waals surface area contributed by atoms with Crippen LogP contribution in [-0.4, -0.2) is 18.8 Å². The summed E-state index contributed by atoms with van der Waals surface area (Å²) in [6.45, 7) is 4.35. The molecule has 1 aromatic rings. The van der Waals surface area contributed by atoms with Crippen molar-refractivity contribution in [3.8, 4) is 0 Å². The lowest BCUT2D eigenvalue weighted by Gasteiger charge is -2.30. The van der Waals surface area contributed by atoms with Crippen LogP contribution in [0.4, 0.5) is 5.69 Å². The molecule has 0 atom stereocenters. The molecule has 1 nitrogen and oxygen atoms in total. The Morgan fingerprint density at radius 2 is 2.25 bits per heavy atom. The summed E-state index contributed by atoms with van der Waals surface area (Å²) in [5.74, 6) is 0.828. The molecular formula is C14H19NS. The van der Waals surface area contributed by atoms with E-state index in [0.717, 1.165) is 12.3 Å². The molecule has 16 heavy (non-hydrogen) atoms. The van der Waals surface area contributed by atoms with Gasteiger partial charge in [-0.25, -0.2) is 0 Å². The number of nitrogens with zero attached hydrogens (tertiary/aromatic N) is 1. The van der Waals surface area contributed by atoms with Gasteiger partial charge in [0, 0.05) is 24.5 Å². The van der Waals surface area contributed by atoms with Crippen LogP contribution in [0.2, 0.25) is 0 Å². The zero-order valence-electron chi connectivity index (χ0n) is 9.82. The summed E-state index contributed by atoms with van der Waals surface area (Å²) in [6, 6.07) is 6.79. The highest BCUT2D eigenvalue weighted by atomic mass is 32.1. The van der Waals surface area contributed by atoms with Crippen LogP contribution in [-0.2, 0) is 6.42 Å². The molecule has 0 saturated heterocycles. The third kappa shape index (κ3) is 2.62. The van der Waals surface area contributed by atoms with Crippen LogP contribution in [0.1, 0.15) is 17.5 Å². The van der Waals surface area contributed by atoms with Crippen LogP contribution in [0.25, 0.3) is 0 Å². The highest BCUT2D eigenvalue weighted by molar-refractivity contribution is 7.80. The normalized spacial score (nSPS) is 15.5. The van der Waals surface area contributed by atoms with Gasteiger partial charge < -0.3 is 4.90 Å². The molecule has 0 amide bonds. The van der Waals surface area contributed by atoms with E-state index >= 15 is 0 Å². The van der Waals surface area contributed by atoms with Crippen LogP contribution in [0.5, 0.6) is 0 Å². The molecule has 0 radical (unpaired) electrons. The number of hydrogen-bond acceptors (Lipinski definition) is 2. The van der Waals surface area contributed by atoms with Gasteiger partial charge in [-0.3, -0.25) is 0 Å². The van der Waals surface area contributed by atoms with Crippen molar-refractivity contribution in [2.45, 2.75) is 19.8 Å². The minimum atomic E-state index is 0.828. The Morgan fingerprint density at radius 1 is 1.38 bits per heavy atom. The number of rotatable bonds is 3. The van der Waals surface area contributed by atoms with Crippen molar-refractivity contribution in [2.24, 2.45) is 0 Å². The van der Waals surface area contributed by atoms with Crippen molar-refractivity contribution in [1.29, 1.82) is 0 Å². The van der Waals surface area contributed by atoms with E-state index in [0.29, 0.717) is 0 Å². The first kappa shape index (κ1) is 11.6. The number of benzene rings is 1. The first-order valence-electron chi connectivity index (χ1n) is 5.91. The summed E-state index contributed by atoms with van der Waals surface area (Å²) >= 11 is 4.18. The number of hydrogen-bond donors (Lipinski definition) is 1. The molecule has 1 heterocycles. The monoisotopic (exact) mass is 233 g/mol. The SMILES string of the molecule is Cc1ccc2c(c1)CCCN2CC=CCS. The van der Waals surface area contributed by atoms with Crippen molar-refractivity contribution in [2.75, 3.05) is 23.7 Å². The second-order valence-electron chi connectivity index (χ2n) is 4.34. The topological polar surface area (TPSA) is 3.24 Å². The van der Waals surface area contributed by atoms with Gasteiger partial charge in [0.05, 0.1) is 0 Å². The molecule has 1 aliphatic heterocycles. The maximum Gasteiger partial charge on any atom is 0.0401 e. The first-order valence-corrected chi connectivity index (χ1v) is 6.55.